The van der Waals surface area contributed by atoms with Gasteiger partial charge in [-0.3, -0.25) is 4.79 Å². The fourth-order valence-corrected chi connectivity index (χ4v) is 2.30. The molecule has 1 heterocycles. The second-order valence-corrected chi connectivity index (χ2v) is 5.14. The van der Waals surface area contributed by atoms with Crippen LogP contribution >= 0.6 is 0 Å². The van der Waals surface area contributed by atoms with E-state index < -0.39 is 12.0 Å². The molecule has 1 amide bonds. The van der Waals surface area contributed by atoms with Crippen molar-refractivity contribution in [3.63, 3.8) is 0 Å². The van der Waals surface area contributed by atoms with Crippen LogP contribution in [0, 0.1) is 0 Å². The lowest BCUT2D eigenvalue weighted by atomic mass is 10.1. The maximum atomic E-state index is 12.0. The van der Waals surface area contributed by atoms with Crippen molar-refractivity contribution in [2.45, 2.75) is 18.9 Å². The summed E-state index contributed by atoms with van der Waals surface area (Å²) in [5.41, 5.74) is 2.05. The first-order chi connectivity index (χ1) is 11.1. The first-order valence-electron chi connectivity index (χ1n) is 7.37. The molecule has 6 heteroatoms. The molecule has 0 spiro atoms. The summed E-state index contributed by atoms with van der Waals surface area (Å²) in [6.45, 7) is 3.65. The van der Waals surface area contributed by atoms with E-state index in [0.29, 0.717) is 6.42 Å². The molecule has 0 saturated carbocycles. The predicted octanol–water partition coefficient (Wildman–Crippen LogP) is 1.87. The number of amides is 1. The molecule has 0 aliphatic carbocycles. The van der Waals surface area contributed by atoms with Crippen molar-refractivity contribution in [3.8, 4) is 0 Å². The maximum absolute atomic E-state index is 12.0. The third kappa shape index (κ3) is 4.69. The smallest absolute Gasteiger partial charge is 0.328 e. The van der Waals surface area contributed by atoms with Gasteiger partial charge >= 0.3 is 5.97 Å². The summed E-state index contributed by atoms with van der Waals surface area (Å²) in [5, 5.41) is 12.6. The van der Waals surface area contributed by atoms with Crippen LogP contribution in [-0.2, 0) is 20.7 Å². The van der Waals surface area contributed by atoms with Crippen molar-refractivity contribution in [1.29, 1.82) is 0 Å². The van der Waals surface area contributed by atoms with Crippen LogP contribution in [0.2, 0.25) is 0 Å². The number of aryl methyl sites for hydroxylation is 1. The van der Waals surface area contributed by atoms with Gasteiger partial charge < -0.3 is 20.1 Å². The number of carboxylic acids is 1. The van der Waals surface area contributed by atoms with Crippen molar-refractivity contribution < 1.29 is 19.4 Å². The SMILES string of the molecule is C=CCOCC(NC(=O)CCc1c[nH]c2ccccc12)C(=O)O. The number of ether oxygens (including phenoxy) is 1. The highest BCUT2D eigenvalue weighted by atomic mass is 16.5. The lowest BCUT2D eigenvalue weighted by Crippen LogP contribution is -2.44. The Labute approximate surface area is 134 Å². The molecular weight excluding hydrogens is 296 g/mol. The molecule has 6 nitrogen and oxygen atoms in total. The number of hydrogen-bond donors (Lipinski definition) is 3. The number of carboxylic acid groups (broad SMARTS) is 1. The predicted molar refractivity (Wildman–Crippen MR) is 87.2 cm³/mol. The fourth-order valence-electron chi connectivity index (χ4n) is 2.30. The molecule has 2 rings (SSSR count). The minimum atomic E-state index is -1.12. The summed E-state index contributed by atoms with van der Waals surface area (Å²) in [7, 11) is 0. The summed E-state index contributed by atoms with van der Waals surface area (Å²) < 4.78 is 5.10. The third-order valence-electron chi connectivity index (χ3n) is 3.45. The first-order valence-corrected chi connectivity index (χ1v) is 7.37. The minimum absolute atomic E-state index is 0.0832. The Hall–Kier alpha value is -2.60. The molecule has 3 N–H and O–H groups in total. The van der Waals surface area contributed by atoms with Gasteiger partial charge in [0.1, 0.15) is 0 Å². The molecule has 23 heavy (non-hydrogen) atoms. The van der Waals surface area contributed by atoms with E-state index in [2.05, 4.69) is 16.9 Å². The fraction of sp³-hybridized carbons (Fsp3) is 0.294. The second-order valence-electron chi connectivity index (χ2n) is 5.14. The lowest BCUT2D eigenvalue weighted by Gasteiger charge is -2.14. The Morgan fingerprint density at radius 3 is 2.91 bits per heavy atom. The molecule has 1 aromatic heterocycles. The summed E-state index contributed by atoms with van der Waals surface area (Å²) >= 11 is 0. The number of hydrogen-bond acceptors (Lipinski definition) is 3. The van der Waals surface area contributed by atoms with E-state index in [0.717, 1.165) is 16.5 Å². The molecule has 1 aromatic carbocycles. The molecule has 0 aliphatic heterocycles. The van der Waals surface area contributed by atoms with E-state index in [9.17, 15) is 9.59 Å². The topological polar surface area (TPSA) is 91.4 Å². The molecule has 0 aliphatic rings. The lowest BCUT2D eigenvalue weighted by molar-refractivity contribution is -0.143. The molecule has 1 atom stereocenters. The van der Waals surface area contributed by atoms with Crippen LogP contribution < -0.4 is 5.32 Å². The second kappa shape index (κ2) is 8.14. The Bertz CT molecular complexity index is 693. The van der Waals surface area contributed by atoms with Crippen LogP contribution in [0.1, 0.15) is 12.0 Å². The van der Waals surface area contributed by atoms with Gasteiger partial charge in [0.05, 0.1) is 13.2 Å². The number of H-pyrrole nitrogens is 1. The van der Waals surface area contributed by atoms with E-state index in [4.69, 9.17) is 9.84 Å². The molecule has 1 unspecified atom stereocenters. The van der Waals surface area contributed by atoms with E-state index in [1.54, 1.807) is 0 Å². The van der Waals surface area contributed by atoms with E-state index in [1.807, 2.05) is 30.5 Å². The summed E-state index contributed by atoms with van der Waals surface area (Å²) in [5.74, 6) is -1.43. The highest BCUT2D eigenvalue weighted by Gasteiger charge is 2.20. The monoisotopic (exact) mass is 316 g/mol. The molecule has 0 radical (unpaired) electrons. The number of aromatic nitrogens is 1. The van der Waals surface area contributed by atoms with Gasteiger partial charge in [-0.2, -0.15) is 0 Å². The molecule has 0 saturated heterocycles. The van der Waals surface area contributed by atoms with E-state index >= 15 is 0 Å². The molecule has 122 valence electrons. The molecular formula is C17H20N2O4. The number of aromatic amines is 1. The Balaban J connectivity index is 1.88. The zero-order valence-corrected chi connectivity index (χ0v) is 12.7. The van der Waals surface area contributed by atoms with Gasteiger partial charge in [0.15, 0.2) is 6.04 Å². The number of nitrogens with one attached hydrogen (secondary N) is 2. The maximum Gasteiger partial charge on any atom is 0.328 e. The van der Waals surface area contributed by atoms with Gasteiger partial charge in [0.25, 0.3) is 0 Å². The largest absolute Gasteiger partial charge is 0.480 e. The van der Waals surface area contributed by atoms with Gasteiger partial charge in [-0.05, 0) is 18.1 Å². The molecule has 0 bridgehead atoms. The van der Waals surface area contributed by atoms with Crippen LogP contribution in [0.15, 0.2) is 43.1 Å². The Kier molecular flexibility index (Phi) is 5.94. The number of para-hydroxylation sites is 1. The quantitative estimate of drug-likeness (QED) is 0.486. The van der Waals surface area contributed by atoms with Crippen LogP contribution in [0.3, 0.4) is 0 Å². The summed E-state index contributed by atoms with van der Waals surface area (Å²) in [4.78, 5) is 26.2. The van der Waals surface area contributed by atoms with Crippen molar-refractivity contribution in [3.05, 3.63) is 48.7 Å². The highest BCUT2D eigenvalue weighted by Crippen LogP contribution is 2.18. The van der Waals surface area contributed by atoms with Crippen molar-refractivity contribution in [2.75, 3.05) is 13.2 Å². The van der Waals surface area contributed by atoms with E-state index in [-0.39, 0.29) is 25.5 Å². The normalized spacial score (nSPS) is 12.0. The average Bonchev–Trinajstić information content (AvgIpc) is 2.95. The van der Waals surface area contributed by atoms with Crippen LogP contribution in [0.25, 0.3) is 10.9 Å². The molecule has 2 aromatic rings. The standard InChI is InChI=1S/C17H20N2O4/c1-2-9-23-11-15(17(21)22)19-16(20)8-7-12-10-18-14-6-4-3-5-13(12)14/h2-6,10,15,18H,1,7-9,11H2,(H,19,20)(H,21,22). The highest BCUT2D eigenvalue weighted by molar-refractivity contribution is 5.86. The van der Waals surface area contributed by atoms with Crippen molar-refractivity contribution in [1.82, 2.24) is 10.3 Å². The van der Waals surface area contributed by atoms with Gasteiger partial charge in [0, 0.05) is 23.5 Å². The Morgan fingerprint density at radius 2 is 2.17 bits per heavy atom. The zero-order chi connectivity index (χ0) is 16.7. The number of benzene rings is 1. The van der Waals surface area contributed by atoms with Crippen LogP contribution in [-0.4, -0.2) is 41.2 Å². The Morgan fingerprint density at radius 1 is 1.39 bits per heavy atom. The third-order valence-corrected chi connectivity index (χ3v) is 3.45. The zero-order valence-electron chi connectivity index (χ0n) is 12.7. The average molecular weight is 316 g/mol. The summed E-state index contributed by atoms with van der Waals surface area (Å²) in [6.07, 6.45) is 4.15. The van der Waals surface area contributed by atoms with Gasteiger partial charge in [-0.25, -0.2) is 4.79 Å². The number of aliphatic carboxylic acids is 1. The summed E-state index contributed by atoms with van der Waals surface area (Å²) in [6, 6.07) is 6.79. The molecule has 0 fully saturated rings. The number of rotatable bonds is 9. The van der Waals surface area contributed by atoms with Gasteiger partial charge in [-0.15, -0.1) is 6.58 Å². The van der Waals surface area contributed by atoms with Crippen molar-refractivity contribution >= 4 is 22.8 Å². The number of carbonyl (C=O) groups is 2. The number of fused-ring (bicyclic) bond motifs is 1. The van der Waals surface area contributed by atoms with Crippen LogP contribution in [0.4, 0.5) is 0 Å². The van der Waals surface area contributed by atoms with E-state index in [1.165, 1.54) is 6.08 Å². The first kappa shape index (κ1) is 16.8. The van der Waals surface area contributed by atoms with Gasteiger partial charge in [-0.1, -0.05) is 24.3 Å². The minimum Gasteiger partial charge on any atom is -0.480 e. The van der Waals surface area contributed by atoms with Gasteiger partial charge in [0.2, 0.25) is 5.91 Å². The van der Waals surface area contributed by atoms with Crippen molar-refractivity contribution in [2.24, 2.45) is 0 Å². The van der Waals surface area contributed by atoms with Crippen LogP contribution in [0.5, 0.6) is 0 Å². The number of carbonyl (C=O) groups excluding carboxylic acids is 1.